The van der Waals surface area contributed by atoms with Gasteiger partial charge in [-0.3, -0.25) is 4.79 Å². The second kappa shape index (κ2) is 4.97. The Kier molecular flexibility index (Phi) is 4.62. The number of nitrogens with one attached hydrogen (secondary N) is 1. The minimum Gasteiger partial charge on any atom is -0.327 e. The summed E-state index contributed by atoms with van der Waals surface area (Å²) in [5, 5.41) is 0.562. The van der Waals surface area contributed by atoms with Gasteiger partial charge in [-0.25, -0.2) is 0 Å². The second-order valence-corrected chi connectivity index (χ2v) is 2.27. The van der Waals surface area contributed by atoms with Crippen molar-refractivity contribution >= 4 is 11.6 Å². The molecule has 62 valence electrons. The van der Waals surface area contributed by atoms with E-state index >= 15 is 0 Å². The highest BCUT2D eigenvalue weighted by atomic mass is 35.5. The first-order valence-corrected chi connectivity index (χ1v) is 3.93. The number of pyridine rings is 1. The fourth-order valence-corrected chi connectivity index (χ4v) is 0.781. The number of aromatic amines is 1. The topological polar surface area (TPSA) is 32.9 Å². The predicted octanol–water partition coefficient (Wildman–Crippen LogP) is 2.36. The van der Waals surface area contributed by atoms with Gasteiger partial charge in [-0.15, -0.1) is 0 Å². The van der Waals surface area contributed by atoms with Crippen molar-refractivity contribution in [1.82, 2.24) is 4.98 Å². The van der Waals surface area contributed by atoms with Crippen molar-refractivity contribution in [3.05, 3.63) is 33.2 Å². The van der Waals surface area contributed by atoms with Gasteiger partial charge in [-0.2, -0.15) is 0 Å². The molecule has 0 saturated heterocycles. The summed E-state index contributed by atoms with van der Waals surface area (Å²) < 4.78 is 0. The summed E-state index contributed by atoms with van der Waals surface area (Å²) in [6.07, 6.45) is 1.47. The molecule has 0 aliphatic rings. The zero-order valence-corrected chi connectivity index (χ0v) is 7.70. The van der Waals surface area contributed by atoms with E-state index in [4.69, 9.17) is 11.6 Å². The average Bonchev–Trinajstić information content (AvgIpc) is 2.02. The standard InChI is InChI=1S/C6H6ClNO.C2H6/c1-4-2-5(7)3-8-6(4)9;1-2/h2-3H,1H3,(H,8,9);1-2H3. The molecular formula is C8H12ClNO. The van der Waals surface area contributed by atoms with E-state index in [2.05, 4.69) is 4.98 Å². The number of halogens is 1. The van der Waals surface area contributed by atoms with Crippen molar-refractivity contribution in [2.75, 3.05) is 0 Å². The molecule has 1 aromatic rings. The summed E-state index contributed by atoms with van der Waals surface area (Å²) in [6, 6.07) is 1.63. The Balaban J connectivity index is 0.000000461. The van der Waals surface area contributed by atoms with Gasteiger partial charge in [0.1, 0.15) is 0 Å². The lowest BCUT2D eigenvalue weighted by Gasteiger charge is -1.89. The van der Waals surface area contributed by atoms with Gasteiger partial charge in [0, 0.05) is 11.8 Å². The highest BCUT2D eigenvalue weighted by Crippen LogP contribution is 2.03. The van der Waals surface area contributed by atoms with Gasteiger partial charge in [0.15, 0.2) is 0 Å². The summed E-state index contributed by atoms with van der Waals surface area (Å²) in [6.45, 7) is 5.71. The Hall–Kier alpha value is -0.760. The lowest BCUT2D eigenvalue weighted by Crippen LogP contribution is -2.06. The summed E-state index contributed by atoms with van der Waals surface area (Å²) in [5.74, 6) is 0. The quantitative estimate of drug-likeness (QED) is 0.642. The van der Waals surface area contributed by atoms with Gasteiger partial charge in [0.05, 0.1) is 5.02 Å². The average molecular weight is 174 g/mol. The minimum absolute atomic E-state index is 0.0839. The lowest BCUT2D eigenvalue weighted by atomic mass is 10.3. The van der Waals surface area contributed by atoms with Crippen molar-refractivity contribution in [3.63, 3.8) is 0 Å². The molecule has 0 amide bonds. The Morgan fingerprint density at radius 1 is 1.45 bits per heavy atom. The maximum absolute atomic E-state index is 10.7. The van der Waals surface area contributed by atoms with Crippen LogP contribution >= 0.6 is 11.6 Å². The monoisotopic (exact) mass is 173 g/mol. The van der Waals surface area contributed by atoms with Gasteiger partial charge >= 0.3 is 0 Å². The second-order valence-electron chi connectivity index (χ2n) is 1.83. The van der Waals surface area contributed by atoms with E-state index in [-0.39, 0.29) is 5.56 Å². The van der Waals surface area contributed by atoms with Gasteiger partial charge in [0.2, 0.25) is 0 Å². The van der Waals surface area contributed by atoms with Crippen LogP contribution in [0.25, 0.3) is 0 Å². The first-order valence-electron chi connectivity index (χ1n) is 3.55. The third-order valence-corrected chi connectivity index (χ3v) is 1.27. The van der Waals surface area contributed by atoms with Crippen LogP contribution in [-0.4, -0.2) is 4.98 Å². The van der Waals surface area contributed by atoms with Crippen LogP contribution in [0.2, 0.25) is 5.02 Å². The molecule has 0 aliphatic heterocycles. The molecule has 1 N–H and O–H groups in total. The van der Waals surface area contributed by atoms with Crippen molar-refractivity contribution in [3.8, 4) is 0 Å². The Bertz CT molecular complexity index is 267. The zero-order valence-electron chi connectivity index (χ0n) is 6.94. The van der Waals surface area contributed by atoms with Crippen LogP contribution in [0.1, 0.15) is 19.4 Å². The number of aromatic nitrogens is 1. The van der Waals surface area contributed by atoms with E-state index in [9.17, 15) is 4.79 Å². The number of H-pyrrole nitrogens is 1. The molecule has 0 aromatic carbocycles. The molecule has 2 nitrogen and oxygen atoms in total. The first-order chi connectivity index (χ1) is 5.20. The maximum atomic E-state index is 10.7. The fourth-order valence-electron chi connectivity index (χ4n) is 0.562. The molecule has 11 heavy (non-hydrogen) atoms. The van der Waals surface area contributed by atoms with Gasteiger partial charge in [0.25, 0.3) is 5.56 Å². The Morgan fingerprint density at radius 3 is 2.36 bits per heavy atom. The van der Waals surface area contributed by atoms with Gasteiger partial charge in [-0.05, 0) is 13.0 Å². The summed E-state index contributed by atoms with van der Waals surface area (Å²) in [4.78, 5) is 13.1. The largest absolute Gasteiger partial charge is 0.327 e. The van der Waals surface area contributed by atoms with Crippen molar-refractivity contribution in [2.24, 2.45) is 0 Å². The maximum Gasteiger partial charge on any atom is 0.250 e. The van der Waals surface area contributed by atoms with Crippen molar-refractivity contribution in [2.45, 2.75) is 20.8 Å². The van der Waals surface area contributed by atoms with E-state index in [1.54, 1.807) is 13.0 Å². The van der Waals surface area contributed by atoms with Crippen molar-refractivity contribution in [1.29, 1.82) is 0 Å². The predicted molar refractivity (Wildman–Crippen MR) is 48.2 cm³/mol. The third-order valence-electron chi connectivity index (χ3n) is 1.05. The molecule has 1 heterocycles. The molecule has 0 aliphatic carbocycles. The van der Waals surface area contributed by atoms with E-state index in [0.29, 0.717) is 10.6 Å². The first kappa shape index (κ1) is 10.2. The van der Waals surface area contributed by atoms with Gasteiger partial charge in [-0.1, -0.05) is 25.4 Å². The molecule has 3 heteroatoms. The van der Waals surface area contributed by atoms with Crippen LogP contribution in [0.4, 0.5) is 0 Å². The van der Waals surface area contributed by atoms with E-state index in [0.717, 1.165) is 0 Å². The normalized spacial score (nSPS) is 8.36. The van der Waals surface area contributed by atoms with E-state index < -0.39 is 0 Å². The Morgan fingerprint density at radius 2 is 2.00 bits per heavy atom. The molecule has 0 atom stereocenters. The highest BCUT2D eigenvalue weighted by Gasteiger charge is 1.90. The number of aryl methyl sites for hydroxylation is 1. The molecule has 1 aromatic heterocycles. The van der Waals surface area contributed by atoms with Crippen LogP contribution in [0.15, 0.2) is 17.1 Å². The molecule has 0 bridgehead atoms. The van der Waals surface area contributed by atoms with Crippen molar-refractivity contribution < 1.29 is 0 Å². The molecular weight excluding hydrogens is 162 g/mol. The molecule has 0 radical (unpaired) electrons. The molecule has 0 spiro atoms. The molecule has 0 fully saturated rings. The molecule has 1 rings (SSSR count). The lowest BCUT2D eigenvalue weighted by molar-refractivity contribution is 1.18. The Labute approximate surface area is 71.2 Å². The van der Waals surface area contributed by atoms with Crippen LogP contribution in [0, 0.1) is 6.92 Å². The summed E-state index contributed by atoms with van der Waals surface area (Å²) in [7, 11) is 0. The SMILES string of the molecule is CC.Cc1cc(Cl)c[nH]c1=O. The molecule has 0 saturated carbocycles. The van der Waals surface area contributed by atoms with E-state index in [1.807, 2.05) is 13.8 Å². The highest BCUT2D eigenvalue weighted by molar-refractivity contribution is 6.30. The van der Waals surface area contributed by atoms with Gasteiger partial charge < -0.3 is 4.98 Å². The number of hydrogen-bond donors (Lipinski definition) is 1. The fraction of sp³-hybridized carbons (Fsp3) is 0.375. The van der Waals surface area contributed by atoms with Crippen LogP contribution in [0.5, 0.6) is 0 Å². The van der Waals surface area contributed by atoms with Crippen LogP contribution in [-0.2, 0) is 0 Å². The third kappa shape index (κ3) is 3.23. The zero-order chi connectivity index (χ0) is 8.85. The van der Waals surface area contributed by atoms with Crippen LogP contribution in [0.3, 0.4) is 0 Å². The summed E-state index contributed by atoms with van der Waals surface area (Å²) in [5.41, 5.74) is 0.557. The minimum atomic E-state index is -0.0839. The summed E-state index contributed by atoms with van der Waals surface area (Å²) >= 11 is 5.55. The number of hydrogen-bond acceptors (Lipinski definition) is 1. The van der Waals surface area contributed by atoms with E-state index in [1.165, 1.54) is 6.20 Å². The smallest absolute Gasteiger partial charge is 0.250 e. The molecule has 0 unspecified atom stereocenters. The number of rotatable bonds is 0. The van der Waals surface area contributed by atoms with Crippen LogP contribution < -0.4 is 5.56 Å².